The van der Waals surface area contributed by atoms with Crippen LogP contribution in [0.25, 0.3) is 11.4 Å². The number of rotatable bonds is 5. The van der Waals surface area contributed by atoms with Gasteiger partial charge in [0, 0.05) is 49.7 Å². The van der Waals surface area contributed by atoms with E-state index in [1.165, 1.54) is 0 Å². The summed E-state index contributed by atoms with van der Waals surface area (Å²) in [5.74, 6) is 0.765. The minimum atomic E-state index is 0.267. The van der Waals surface area contributed by atoms with Crippen LogP contribution in [-0.2, 0) is 11.3 Å². The van der Waals surface area contributed by atoms with Crippen LogP contribution in [0.15, 0.2) is 42.7 Å². The van der Waals surface area contributed by atoms with Crippen LogP contribution in [0.3, 0.4) is 0 Å². The fourth-order valence-corrected chi connectivity index (χ4v) is 2.55. The lowest BCUT2D eigenvalue weighted by Gasteiger charge is -2.30. The first-order chi connectivity index (χ1) is 10.8. The van der Waals surface area contributed by atoms with Gasteiger partial charge in [0.25, 0.3) is 0 Å². The first-order valence-corrected chi connectivity index (χ1v) is 7.68. The van der Waals surface area contributed by atoms with Crippen LogP contribution in [0.1, 0.15) is 5.56 Å². The van der Waals surface area contributed by atoms with Gasteiger partial charge in [-0.05, 0) is 7.05 Å². The molecular weight excluding hydrogens is 276 g/mol. The second-order valence-corrected chi connectivity index (χ2v) is 5.67. The smallest absolute Gasteiger partial charge is 0.159 e. The van der Waals surface area contributed by atoms with Gasteiger partial charge in [-0.1, -0.05) is 30.3 Å². The number of aromatic nitrogens is 2. The molecule has 1 fully saturated rings. The molecule has 2 heterocycles. The number of morpholine rings is 1. The fraction of sp³-hybridized carbons (Fsp3) is 0.412. The molecule has 0 bridgehead atoms. The highest BCUT2D eigenvalue weighted by Crippen LogP contribution is 2.13. The lowest BCUT2D eigenvalue weighted by Crippen LogP contribution is -2.44. The summed E-state index contributed by atoms with van der Waals surface area (Å²) in [4.78, 5) is 11.2. The molecule has 5 nitrogen and oxygen atoms in total. The Hall–Kier alpha value is -1.82. The first-order valence-electron chi connectivity index (χ1n) is 7.68. The van der Waals surface area contributed by atoms with Gasteiger partial charge in [0.1, 0.15) is 0 Å². The van der Waals surface area contributed by atoms with E-state index in [-0.39, 0.29) is 6.10 Å². The SMILES string of the molecule is CN1CCO[C@@H](CNCc2cnc(-c3ccccc3)nc2)C1. The summed E-state index contributed by atoms with van der Waals surface area (Å²) in [5, 5.41) is 3.42. The van der Waals surface area contributed by atoms with Gasteiger partial charge in [-0.2, -0.15) is 0 Å². The molecule has 0 amide bonds. The van der Waals surface area contributed by atoms with E-state index in [4.69, 9.17) is 4.74 Å². The summed E-state index contributed by atoms with van der Waals surface area (Å²) >= 11 is 0. The molecule has 1 aliphatic rings. The van der Waals surface area contributed by atoms with Crippen molar-refractivity contribution < 1.29 is 4.74 Å². The molecule has 1 aromatic carbocycles. The van der Waals surface area contributed by atoms with Crippen molar-refractivity contribution in [3.05, 3.63) is 48.3 Å². The van der Waals surface area contributed by atoms with Gasteiger partial charge in [0.05, 0.1) is 12.7 Å². The van der Waals surface area contributed by atoms with Crippen LogP contribution in [0.5, 0.6) is 0 Å². The molecule has 1 atom stereocenters. The molecule has 0 radical (unpaired) electrons. The third-order valence-electron chi connectivity index (χ3n) is 3.78. The van der Waals surface area contributed by atoms with Crippen LogP contribution in [0.2, 0.25) is 0 Å². The standard InChI is InChI=1S/C17H22N4O/c1-21-7-8-22-16(13-21)12-18-9-14-10-19-17(20-11-14)15-5-3-2-4-6-15/h2-6,10-11,16,18H,7-9,12-13H2,1H3/t16-/m0/s1. The third-order valence-corrected chi connectivity index (χ3v) is 3.78. The van der Waals surface area contributed by atoms with Crippen LogP contribution in [-0.4, -0.2) is 54.3 Å². The highest BCUT2D eigenvalue weighted by atomic mass is 16.5. The van der Waals surface area contributed by atoms with E-state index in [9.17, 15) is 0 Å². The summed E-state index contributed by atoms with van der Waals surface area (Å²) in [5.41, 5.74) is 2.13. The zero-order chi connectivity index (χ0) is 15.2. The van der Waals surface area contributed by atoms with Crippen molar-refractivity contribution in [1.29, 1.82) is 0 Å². The Morgan fingerprint density at radius 3 is 2.73 bits per heavy atom. The number of hydrogen-bond donors (Lipinski definition) is 1. The molecule has 116 valence electrons. The zero-order valence-electron chi connectivity index (χ0n) is 12.9. The lowest BCUT2D eigenvalue weighted by molar-refractivity contribution is -0.0182. The maximum atomic E-state index is 5.73. The van der Waals surface area contributed by atoms with Gasteiger partial charge in [-0.15, -0.1) is 0 Å². The minimum Gasteiger partial charge on any atom is -0.374 e. The van der Waals surface area contributed by atoms with Gasteiger partial charge >= 0.3 is 0 Å². The first kappa shape index (κ1) is 15.1. The fourth-order valence-electron chi connectivity index (χ4n) is 2.55. The molecule has 2 aromatic rings. The van der Waals surface area contributed by atoms with Crippen LogP contribution >= 0.6 is 0 Å². The molecule has 1 saturated heterocycles. The molecule has 0 spiro atoms. The molecule has 22 heavy (non-hydrogen) atoms. The zero-order valence-corrected chi connectivity index (χ0v) is 12.9. The van der Waals surface area contributed by atoms with E-state index in [1.807, 2.05) is 42.7 Å². The predicted octanol–water partition coefficient (Wildman–Crippen LogP) is 1.56. The van der Waals surface area contributed by atoms with Crippen LogP contribution in [0, 0.1) is 0 Å². The third kappa shape index (κ3) is 4.10. The largest absolute Gasteiger partial charge is 0.374 e. The van der Waals surface area contributed by atoms with Crippen molar-refractivity contribution in [2.24, 2.45) is 0 Å². The second-order valence-electron chi connectivity index (χ2n) is 5.67. The Labute approximate surface area is 131 Å². The Morgan fingerprint density at radius 1 is 1.23 bits per heavy atom. The summed E-state index contributed by atoms with van der Waals surface area (Å²) in [7, 11) is 2.13. The average Bonchev–Trinajstić information content (AvgIpc) is 2.56. The lowest BCUT2D eigenvalue weighted by atomic mass is 10.2. The van der Waals surface area contributed by atoms with E-state index in [0.717, 1.165) is 49.7 Å². The molecule has 0 saturated carbocycles. The Kier molecular flexibility index (Phi) is 5.11. The average molecular weight is 298 g/mol. The number of hydrogen-bond acceptors (Lipinski definition) is 5. The van der Waals surface area contributed by atoms with Gasteiger partial charge in [-0.25, -0.2) is 9.97 Å². The second kappa shape index (κ2) is 7.45. The van der Waals surface area contributed by atoms with E-state index in [0.29, 0.717) is 0 Å². The monoisotopic (exact) mass is 298 g/mol. The summed E-state index contributed by atoms with van der Waals surface area (Å²) in [6.07, 6.45) is 4.04. The van der Waals surface area contributed by atoms with E-state index < -0.39 is 0 Å². The molecule has 3 rings (SSSR count). The Bertz CT molecular complexity index is 573. The Balaban J connectivity index is 1.49. The number of ether oxygens (including phenoxy) is 1. The Morgan fingerprint density at radius 2 is 2.00 bits per heavy atom. The van der Waals surface area contributed by atoms with Crippen molar-refractivity contribution in [3.63, 3.8) is 0 Å². The molecular formula is C17H22N4O. The highest BCUT2D eigenvalue weighted by molar-refractivity contribution is 5.53. The van der Waals surface area contributed by atoms with E-state index >= 15 is 0 Å². The summed E-state index contributed by atoms with van der Waals surface area (Å²) in [6.45, 7) is 4.43. The molecule has 5 heteroatoms. The molecule has 0 unspecified atom stereocenters. The maximum Gasteiger partial charge on any atom is 0.159 e. The summed E-state index contributed by atoms with van der Waals surface area (Å²) in [6, 6.07) is 10.0. The topological polar surface area (TPSA) is 50.3 Å². The minimum absolute atomic E-state index is 0.267. The maximum absolute atomic E-state index is 5.73. The molecule has 1 aromatic heterocycles. The quantitative estimate of drug-likeness (QED) is 0.908. The van der Waals surface area contributed by atoms with Gasteiger partial charge < -0.3 is 15.0 Å². The van der Waals surface area contributed by atoms with Gasteiger partial charge in [-0.3, -0.25) is 0 Å². The molecule has 0 aliphatic carbocycles. The number of nitrogens with zero attached hydrogens (tertiary/aromatic N) is 3. The molecule has 1 N–H and O–H groups in total. The van der Waals surface area contributed by atoms with Crippen molar-refractivity contribution >= 4 is 0 Å². The number of benzene rings is 1. The van der Waals surface area contributed by atoms with Gasteiger partial charge in [0.2, 0.25) is 0 Å². The van der Waals surface area contributed by atoms with Crippen molar-refractivity contribution in [3.8, 4) is 11.4 Å². The number of nitrogens with one attached hydrogen (secondary N) is 1. The van der Waals surface area contributed by atoms with Crippen molar-refractivity contribution in [1.82, 2.24) is 20.2 Å². The highest BCUT2D eigenvalue weighted by Gasteiger charge is 2.16. The normalized spacial score (nSPS) is 19.2. The van der Waals surface area contributed by atoms with E-state index in [1.54, 1.807) is 0 Å². The molecule has 1 aliphatic heterocycles. The van der Waals surface area contributed by atoms with Crippen LogP contribution < -0.4 is 5.32 Å². The van der Waals surface area contributed by atoms with Gasteiger partial charge in [0.15, 0.2) is 5.82 Å². The number of likely N-dealkylation sites (N-methyl/N-ethyl adjacent to an activating group) is 1. The van der Waals surface area contributed by atoms with Crippen molar-refractivity contribution in [2.75, 3.05) is 33.3 Å². The summed E-state index contributed by atoms with van der Waals surface area (Å²) < 4.78 is 5.73. The van der Waals surface area contributed by atoms with Crippen LogP contribution in [0.4, 0.5) is 0 Å². The van der Waals surface area contributed by atoms with E-state index in [2.05, 4.69) is 27.2 Å². The predicted molar refractivity (Wildman–Crippen MR) is 86.4 cm³/mol. The van der Waals surface area contributed by atoms with Crippen molar-refractivity contribution in [2.45, 2.75) is 12.6 Å².